The largest absolute Gasteiger partial charge is 0.311 e. The van der Waals surface area contributed by atoms with Crippen LogP contribution in [0.15, 0.2) is 170 Å². The summed E-state index contributed by atoms with van der Waals surface area (Å²) < 4.78 is 2.19. The van der Waals surface area contributed by atoms with E-state index < -0.39 is 0 Å². The average Bonchev–Trinajstić information content (AvgIpc) is 3.04. The van der Waals surface area contributed by atoms with Gasteiger partial charge in [-0.1, -0.05) is 72.8 Å². The van der Waals surface area contributed by atoms with E-state index in [2.05, 4.69) is 181 Å². The van der Waals surface area contributed by atoms with Gasteiger partial charge in [0.2, 0.25) is 0 Å². The van der Waals surface area contributed by atoms with Crippen molar-refractivity contribution in [3.05, 3.63) is 170 Å². The van der Waals surface area contributed by atoms with E-state index in [0.29, 0.717) is 0 Å². The smallest absolute Gasteiger partial charge is 0.0646 e. The molecule has 0 aliphatic heterocycles. The molecule has 0 unspecified atom stereocenters. The maximum atomic E-state index is 2.38. The second-order valence-electron chi connectivity index (χ2n) is 9.33. The first-order valence-corrected chi connectivity index (χ1v) is 14.2. The Morgan fingerprint density at radius 2 is 0.450 bits per heavy atom. The van der Waals surface area contributed by atoms with Crippen LogP contribution in [0.3, 0.4) is 0 Å². The van der Waals surface area contributed by atoms with Crippen LogP contribution in [0, 0.1) is 0 Å². The Labute approximate surface area is 250 Å². The van der Waals surface area contributed by atoms with Crippen molar-refractivity contribution in [3.8, 4) is 0 Å². The van der Waals surface area contributed by atoms with Crippen molar-refractivity contribution in [2.75, 3.05) is 12.9 Å². The minimum Gasteiger partial charge on any atom is -0.311 e. The second kappa shape index (κ2) is 12.1. The monoisotopic (exact) mass is 629 g/mol. The Morgan fingerprint density at radius 1 is 0.250 bits per heavy atom. The highest BCUT2D eigenvalue weighted by atomic mass is 127. The normalized spacial score (nSPS) is 10.6. The van der Waals surface area contributed by atoms with Crippen LogP contribution in [0.5, 0.6) is 0 Å². The predicted octanol–water partition coefficient (Wildman–Crippen LogP) is 11.1. The van der Waals surface area contributed by atoms with Crippen LogP contribution in [-0.2, 0) is 0 Å². The van der Waals surface area contributed by atoms with Gasteiger partial charge in [0.25, 0.3) is 0 Å². The highest BCUT2D eigenvalue weighted by molar-refractivity contribution is 14.1. The van der Waals surface area contributed by atoms with Gasteiger partial charge in [-0.25, -0.2) is 0 Å². The van der Waals surface area contributed by atoms with Crippen LogP contribution in [0.25, 0.3) is 0 Å². The Hall–Kier alpha value is -4.55. The van der Waals surface area contributed by atoms with Gasteiger partial charge >= 0.3 is 0 Å². The maximum Gasteiger partial charge on any atom is 0.0646 e. The molecule has 0 saturated heterocycles. The fourth-order valence-corrected chi connectivity index (χ4v) is 5.46. The highest BCUT2D eigenvalue weighted by Gasteiger charge is 2.15. The fraction of sp³-hybridized carbons (Fsp3) is 0. The Morgan fingerprint density at radius 3 is 0.700 bits per heavy atom. The molecular weight excluding hydrogens is 601 g/mol. The topological polar surface area (TPSA) is 9.72 Å². The van der Waals surface area contributed by atoms with Crippen molar-refractivity contribution in [2.45, 2.75) is 0 Å². The molecule has 0 fully saturated rings. The lowest BCUT2D eigenvalue weighted by molar-refractivity contribution is 1.28. The summed E-state index contributed by atoms with van der Waals surface area (Å²) >= 11 is 2.38. The predicted molar refractivity (Wildman–Crippen MR) is 178 cm³/mol. The Balaban J connectivity index is 1.27. The van der Waals surface area contributed by atoms with Gasteiger partial charge in [-0.3, -0.25) is 3.11 Å². The Kier molecular flexibility index (Phi) is 7.78. The van der Waals surface area contributed by atoms with Crippen LogP contribution in [0.1, 0.15) is 0 Å². The van der Waals surface area contributed by atoms with Gasteiger partial charge in [-0.15, -0.1) is 0 Å². The lowest BCUT2D eigenvalue weighted by Crippen LogP contribution is -2.10. The van der Waals surface area contributed by atoms with E-state index >= 15 is 0 Å². The minimum atomic E-state index is 1.11. The molecule has 0 saturated carbocycles. The molecule has 4 heteroatoms. The third-order valence-electron chi connectivity index (χ3n) is 6.73. The van der Waals surface area contributed by atoms with E-state index in [0.717, 1.165) is 45.5 Å². The molecule has 0 heterocycles. The number of hydrogen-bond acceptors (Lipinski definition) is 3. The molecule has 3 nitrogen and oxygen atoms in total. The molecule has 0 N–H and O–H groups in total. The van der Waals surface area contributed by atoms with Crippen molar-refractivity contribution in [3.63, 3.8) is 0 Å². The lowest BCUT2D eigenvalue weighted by atomic mass is 10.1. The zero-order valence-corrected chi connectivity index (χ0v) is 24.0. The number of halogens is 1. The van der Waals surface area contributed by atoms with Crippen LogP contribution in [-0.4, -0.2) is 0 Å². The molecule has 0 radical (unpaired) electrons. The van der Waals surface area contributed by atoms with E-state index in [1.54, 1.807) is 0 Å². The molecule has 0 atom stereocenters. The fourth-order valence-electron chi connectivity index (χ4n) is 4.82. The quantitative estimate of drug-likeness (QED) is 0.123. The molecular formula is C36H28IN3. The maximum absolute atomic E-state index is 2.38. The van der Waals surface area contributed by atoms with E-state index in [-0.39, 0.29) is 0 Å². The van der Waals surface area contributed by atoms with Crippen LogP contribution < -0.4 is 12.9 Å². The molecule has 194 valence electrons. The summed E-state index contributed by atoms with van der Waals surface area (Å²) in [4.78, 5) is 4.55. The highest BCUT2D eigenvalue weighted by Crippen LogP contribution is 2.39. The van der Waals surface area contributed by atoms with Crippen molar-refractivity contribution < 1.29 is 0 Å². The van der Waals surface area contributed by atoms with Gasteiger partial charge in [-0.2, -0.15) is 0 Å². The zero-order chi connectivity index (χ0) is 27.1. The number of benzene rings is 6. The number of rotatable bonds is 8. The van der Waals surface area contributed by atoms with Crippen molar-refractivity contribution in [2.24, 2.45) is 0 Å². The summed E-state index contributed by atoms with van der Waals surface area (Å²) in [6.07, 6.45) is 0. The number of para-hydroxylation sites is 4. The summed E-state index contributed by atoms with van der Waals surface area (Å²) in [7, 11) is 0. The first kappa shape index (κ1) is 25.7. The molecule has 0 aromatic heterocycles. The molecule has 40 heavy (non-hydrogen) atoms. The Bertz CT molecular complexity index is 1420. The summed E-state index contributed by atoms with van der Waals surface area (Å²) in [5.41, 5.74) is 8.97. The zero-order valence-electron chi connectivity index (χ0n) is 21.9. The van der Waals surface area contributed by atoms with Gasteiger partial charge in [0.05, 0.1) is 34.2 Å². The van der Waals surface area contributed by atoms with Crippen molar-refractivity contribution in [1.29, 1.82) is 0 Å². The molecule has 0 aliphatic rings. The van der Waals surface area contributed by atoms with E-state index in [4.69, 9.17) is 0 Å². The molecule has 0 bridgehead atoms. The van der Waals surface area contributed by atoms with Gasteiger partial charge in [-0.05, 0) is 97.1 Å². The molecule has 0 spiro atoms. The summed E-state index contributed by atoms with van der Waals surface area (Å²) in [5.74, 6) is 0. The van der Waals surface area contributed by atoms with E-state index in [1.165, 1.54) is 0 Å². The molecule has 0 amide bonds. The third-order valence-corrected chi connectivity index (χ3v) is 7.84. The summed E-state index contributed by atoms with van der Waals surface area (Å²) in [5, 5.41) is 0. The van der Waals surface area contributed by atoms with Crippen molar-refractivity contribution in [1.82, 2.24) is 0 Å². The molecule has 6 aromatic rings. The summed E-state index contributed by atoms with van der Waals surface area (Å²) in [6, 6.07) is 59.4. The molecule has 6 rings (SSSR count). The summed E-state index contributed by atoms with van der Waals surface area (Å²) in [6.45, 7) is 0. The lowest BCUT2D eigenvalue weighted by Gasteiger charge is -2.27. The second-order valence-corrected chi connectivity index (χ2v) is 10.3. The molecule has 0 aliphatic carbocycles. The number of nitrogens with zero attached hydrogens (tertiary/aromatic N) is 3. The van der Waals surface area contributed by atoms with Gasteiger partial charge in [0.1, 0.15) is 0 Å². The standard InChI is InChI=1S/C36H28IN3/c37-40(35-25-21-33(22-26-35)38(29-13-5-1-6-14-29)30-15-7-2-8-16-30)36-27-23-34(24-28-36)39(31-17-9-3-10-18-31)32-19-11-4-12-20-32/h1-28H. The van der Waals surface area contributed by atoms with Crippen LogP contribution in [0.4, 0.5) is 45.5 Å². The SMILES string of the molecule is IN(c1ccc(N(c2ccccc2)c2ccccc2)cc1)c1ccc(N(c2ccccc2)c2ccccc2)cc1. The number of anilines is 8. The van der Waals surface area contributed by atoms with Crippen LogP contribution in [0.2, 0.25) is 0 Å². The first-order chi connectivity index (χ1) is 19.8. The number of hydrogen-bond donors (Lipinski definition) is 0. The van der Waals surface area contributed by atoms with E-state index in [1.807, 2.05) is 24.3 Å². The van der Waals surface area contributed by atoms with Gasteiger partial charge < -0.3 is 9.80 Å². The molecule has 6 aromatic carbocycles. The van der Waals surface area contributed by atoms with Crippen LogP contribution >= 0.6 is 22.9 Å². The van der Waals surface area contributed by atoms with Gasteiger partial charge in [0.15, 0.2) is 0 Å². The van der Waals surface area contributed by atoms with Crippen molar-refractivity contribution >= 4 is 68.4 Å². The first-order valence-electron chi connectivity index (χ1n) is 13.2. The van der Waals surface area contributed by atoms with Gasteiger partial charge in [0, 0.05) is 34.1 Å². The van der Waals surface area contributed by atoms with E-state index in [9.17, 15) is 0 Å². The average molecular weight is 630 g/mol. The third kappa shape index (κ3) is 5.58. The minimum absolute atomic E-state index is 1.11.